The summed E-state index contributed by atoms with van der Waals surface area (Å²) in [6.45, 7) is 1.28. The summed E-state index contributed by atoms with van der Waals surface area (Å²) in [7, 11) is 0. The molecule has 0 aliphatic heterocycles. The highest BCUT2D eigenvalue weighted by Gasteiger charge is 2.35. The van der Waals surface area contributed by atoms with Crippen LogP contribution in [0.1, 0.15) is 16.1 Å². The molecular weight excluding hydrogens is 245 g/mol. The number of rotatable bonds is 3. The Bertz CT molecular complexity index is 473. The van der Waals surface area contributed by atoms with Gasteiger partial charge in [-0.15, -0.1) is 13.2 Å². The third kappa shape index (κ3) is 3.13. The van der Waals surface area contributed by atoms with Crippen molar-refractivity contribution in [3.05, 3.63) is 27.4 Å². The van der Waals surface area contributed by atoms with Crippen molar-refractivity contribution in [3.63, 3.8) is 0 Å². The third-order valence-corrected chi connectivity index (χ3v) is 1.71. The van der Waals surface area contributed by atoms with Crippen LogP contribution in [0, 0.1) is 17.0 Å². The Morgan fingerprint density at radius 1 is 1.53 bits per heavy atom. The van der Waals surface area contributed by atoms with Gasteiger partial charge in [-0.25, -0.2) is 0 Å². The fourth-order valence-corrected chi connectivity index (χ4v) is 1.04. The number of alkyl halides is 3. The van der Waals surface area contributed by atoms with Crippen molar-refractivity contribution >= 4 is 12.1 Å². The molecule has 0 spiro atoms. The molecule has 6 nitrogen and oxygen atoms in total. The van der Waals surface area contributed by atoms with Gasteiger partial charge in [-0.05, 0) is 22.9 Å². The van der Waals surface area contributed by atoms with Crippen LogP contribution in [0.5, 0.6) is 5.75 Å². The molecule has 92 valence electrons. The molecule has 0 N–H and O–H groups in total. The Morgan fingerprint density at radius 2 is 2.12 bits per heavy atom. The highest BCUT2D eigenvalue weighted by molar-refractivity contribution is 5.75. The summed E-state index contributed by atoms with van der Waals surface area (Å²) >= 11 is 0. The largest absolute Gasteiger partial charge is 0.573 e. The van der Waals surface area contributed by atoms with Crippen LogP contribution in [0.3, 0.4) is 0 Å². The summed E-state index contributed by atoms with van der Waals surface area (Å²) in [6, 6.07) is 0.738. The summed E-state index contributed by atoms with van der Waals surface area (Å²) < 4.78 is 39.3. The average molecular weight is 250 g/mol. The molecule has 1 rings (SSSR count). The van der Waals surface area contributed by atoms with Gasteiger partial charge < -0.3 is 14.9 Å². The first-order chi connectivity index (χ1) is 7.74. The van der Waals surface area contributed by atoms with Crippen molar-refractivity contribution in [1.29, 1.82) is 0 Å². The first kappa shape index (κ1) is 12.9. The van der Waals surface area contributed by atoms with Crippen LogP contribution in [0.4, 0.5) is 19.0 Å². The zero-order chi connectivity index (χ0) is 13.2. The number of pyridine rings is 1. The van der Waals surface area contributed by atoms with Gasteiger partial charge in [0.05, 0.1) is 0 Å². The van der Waals surface area contributed by atoms with Crippen LogP contribution in [0.2, 0.25) is 0 Å². The number of carbonyl (C=O) groups excluding carboxylic acids is 1. The second-order valence-corrected chi connectivity index (χ2v) is 2.94. The summed E-state index contributed by atoms with van der Waals surface area (Å²) in [5.74, 6) is -2.21. The number of carbonyl (C=O) groups is 1. The molecule has 1 aromatic rings. The molecule has 0 aromatic carbocycles. The molecule has 9 heteroatoms. The second kappa shape index (κ2) is 4.36. The number of nitro groups is 1. The van der Waals surface area contributed by atoms with Gasteiger partial charge in [0.1, 0.15) is 0 Å². The van der Waals surface area contributed by atoms with Crippen molar-refractivity contribution in [3.8, 4) is 5.75 Å². The Hall–Kier alpha value is -2.19. The van der Waals surface area contributed by atoms with E-state index in [0.29, 0.717) is 0 Å². The molecule has 0 bridgehead atoms. The molecule has 0 aliphatic carbocycles. The molecular formula is C8H5F3N2O4. The minimum Gasteiger partial charge on any atom is -0.397 e. The maximum absolute atomic E-state index is 12.0. The van der Waals surface area contributed by atoms with E-state index in [0.717, 1.165) is 6.07 Å². The van der Waals surface area contributed by atoms with E-state index in [-0.39, 0.29) is 17.5 Å². The number of hydrogen-bond donors (Lipinski definition) is 0. The molecule has 1 heterocycles. The quantitative estimate of drug-likeness (QED) is 0.465. The summed E-state index contributed by atoms with van der Waals surface area (Å²) in [5, 5.41) is 10.5. The smallest absolute Gasteiger partial charge is 0.397 e. The number of ether oxygens (including phenoxy) is 1. The molecule has 0 saturated carbocycles. The Labute approximate surface area is 92.2 Å². The lowest BCUT2D eigenvalue weighted by molar-refractivity contribution is -0.393. The highest BCUT2D eigenvalue weighted by Crippen LogP contribution is 2.31. The van der Waals surface area contributed by atoms with E-state index < -0.39 is 22.9 Å². The van der Waals surface area contributed by atoms with Crippen LogP contribution >= 0.6 is 0 Å². The topological polar surface area (TPSA) is 82.3 Å². The maximum atomic E-state index is 12.0. The van der Waals surface area contributed by atoms with Gasteiger partial charge in [-0.2, -0.15) is 0 Å². The Morgan fingerprint density at radius 3 is 2.53 bits per heavy atom. The van der Waals surface area contributed by atoms with Crippen molar-refractivity contribution in [2.45, 2.75) is 13.3 Å². The fourth-order valence-electron chi connectivity index (χ4n) is 1.04. The van der Waals surface area contributed by atoms with Crippen molar-refractivity contribution in [2.24, 2.45) is 0 Å². The summed E-state index contributed by atoms with van der Waals surface area (Å²) in [5.41, 5.74) is -0.268. The maximum Gasteiger partial charge on any atom is 0.573 e. The Kier molecular flexibility index (Phi) is 3.30. The zero-order valence-corrected chi connectivity index (χ0v) is 8.32. The predicted octanol–water partition coefficient (Wildman–Crippen LogP) is 2.01. The van der Waals surface area contributed by atoms with Gasteiger partial charge in [0.15, 0.2) is 6.29 Å². The van der Waals surface area contributed by atoms with E-state index in [1.807, 2.05) is 0 Å². The molecule has 1 aromatic heterocycles. The van der Waals surface area contributed by atoms with E-state index in [1.165, 1.54) is 6.92 Å². The second-order valence-electron chi connectivity index (χ2n) is 2.94. The first-order valence-corrected chi connectivity index (χ1v) is 4.11. The predicted molar refractivity (Wildman–Crippen MR) is 47.7 cm³/mol. The highest BCUT2D eigenvalue weighted by atomic mass is 19.4. The van der Waals surface area contributed by atoms with E-state index in [2.05, 4.69) is 9.72 Å². The van der Waals surface area contributed by atoms with Crippen LogP contribution in [0.25, 0.3) is 0 Å². The van der Waals surface area contributed by atoms with E-state index in [4.69, 9.17) is 0 Å². The minimum atomic E-state index is -5.07. The van der Waals surface area contributed by atoms with Gasteiger partial charge >= 0.3 is 12.2 Å². The monoisotopic (exact) mass is 250 g/mol. The Balaban J connectivity index is 3.33. The van der Waals surface area contributed by atoms with Gasteiger partial charge in [0.25, 0.3) is 0 Å². The van der Waals surface area contributed by atoms with Crippen LogP contribution < -0.4 is 4.74 Å². The summed E-state index contributed by atoms with van der Waals surface area (Å²) in [6.07, 6.45) is -4.86. The molecule has 0 unspecified atom stereocenters. The van der Waals surface area contributed by atoms with Gasteiger partial charge in [-0.3, -0.25) is 4.79 Å². The van der Waals surface area contributed by atoms with Crippen LogP contribution in [0.15, 0.2) is 6.07 Å². The first-order valence-electron chi connectivity index (χ1n) is 4.11. The minimum absolute atomic E-state index is 0.0462. The zero-order valence-electron chi connectivity index (χ0n) is 8.32. The number of hydrogen-bond acceptors (Lipinski definition) is 5. The lowest BCUT2D eigenvalue weighted by atomic mass is 10.2. The number of halogens is 3. The fraction of sp³-hybridized carbons (Fsp3) is 0.250. The van der Waals surface area contributed by atoms with Crippen LogP contribution in [-0.2, 0) is 0 Å². The van der Waals surface area contributed by atoms with E-state index >= 15 is 0 Å². The van der Waals surface area contributed by atoms with Gasteiger partial charge in [0.2, 0.25) is 11.4 Å². The molecule has 0 amide bonds. The van der Waals surface area contributed by atoms with Crippen molar-refractivity contribution in [2.75, 3.05) is 0 Å². The van der Waals surface area contributed by atoms with E-state index in [1.54, 1.807) is 0 Å². The molecule has 0 saturated heterocycles. The normalized spacial score (nSPS) is 11.1. The molecule has 0 radical (unpaired) electrons. The molecule has 17 heavy (non-hydrogen) atoms. The van der Waals surface area contributed by atoms with Crippen molar-refractivity contribution in [1.82, 2.24) is 4.98 Å². The lowest BCUT2D eigenvalue weighted by Crippen LogP contribution is -2.18. The molecule has 0 fully saturated rings. The SMILES string of the molecule is Cc1cc(OC(F)(F)F)c([N+](=O)[O-])nc1C=O. The third-order valence-electron chi connectivity index (χ3n) is 1.71. The molecule has 0 atom stereocenters. The van der Waals surface area contributed by atoms with E-state index in [9.17, 15) is 28.1 Å². The van der Waals surface area contributed by atoms with Crippen LogP contribution in [-0.4, -0.2) is 22.6 Å². The number of aldehydes is 1. The van der Waals surface area contributed by atoms with Gasteiger partial charge in [-0.1, -0.05) is 0 Å². The van der Waals surface area contributed by atoms with Crippen molar-refractivity contribution < 1.29 is 27.6 Å². The standard InChI is InChI=1S/C8H5F3N2O4/c1-4-2-6(17-8(9,10)11)7(13(15)16)12-5(4)3-14/h2-3H,1H3. The molecule has 0 aliphatic rings. The average Bonchev–Trinajstić information content (AvgIpc) is 2.14. The number of aromatic nitrogens is 1. The van der Waals surface area contributed by atoms with Gasteiger partial charge in [0, 0.05) is 5.56 Å². The lowest BCUT2D eigenvalue weighted by Gasteiger charge is -2.09. The number of aryl methyl sites for hydroxylation is 1. The summed E-state index contributed by atoms with van der Waals surface area (Å²) in [4.78, 5) is 22.9. The number of nitrogens with zero attached hydrogens (tertiary/aromatic N) is 2.